The van der Waals surface area contributed by atoms with Crippen molar-refractivity contribution >= 4 is 28.5 Å². The molecule has 4 aromatic heterocycles. The number of hydrogen-bond acceptors (Lipinski definition) is 5. The molecule has 0 aliphatic rings. The zero-order valence-corrected chi connectivity index (χ0v) is 15.0. The van der Waals surface area contributed by atoms with Crippen molar-refractivity contribution in [3.63, 3.8) is 0 Å². The molecular weight excluding hydrogens is 360 g/mol. The highest BCUT2D eigenvalue weighted by molar-refractivity contribution is 6.31. The minimum Gasteiger partial charge on any atom is -0.366 e. The van der Waals surface area contributed by atoms with Gasteiger partial charge in [-0.3, -0.25) is 4.98 Å². The van der Waals surface area contributed by atoms with Gasteiger partial charge in [0.1, 0.15) is 17.5 Å². The summed E-state index contributed by atoms with van der Waals surface area (Å²) in [6.07, 6.45) is 9.39. The standard InChI is InChI=1S/C20H15ClN6/c21-18-12-23-4-3-15(18)10-25-19-2-1-13(8-24-19)5-16-11-27-20-17(16)6-14(7-22)9-26-20/h1-4,6,8-9,11-12H,5,10H2,(H,24,25)(H,26,27). The summed E-state index contributed by atoms with van der Waals surface area (Å²) in [4.78, 5) is 15.9. The smallest absolute Gasteiger partial charge is 0.137 e. The molecule has 132 valence electrons. The molecule has 6 nitrogen and oxygen atoms in total. The van der Waals surface area contributed by atoms with Gasteiger partial charge in [-0.15, -0.1) is 0 Å². The number of nitriles is 1. The van der Waals surface area contributed by atoms with Crippen LogP contribution in [0.4, 0.5) is 5.82 Å². The highest BCUT2D eigenvalue weighted by atomic mass is 35.5. The molecule has 0 bridgehead atoms. The van der Waals surface area contributed by atoms with E-state index >= 15 is 0 Å². The maximum Gasteiger partial charge on any atom is 0.137 e. The van der Waals surface area contributed by atoms with E-state index in [4.69, 9.17) is 16.9 Å². The number of fused-ring (bicyclic) bond motifs is 1. The normalized spacial score (nSPS) is 10.7. The number of rotatable bonds is 5. The van der Waals surface area contributed by atoms with Gasteiger partial charge in [-0.2, -0.15) is 5.26 Å². The first-order chi connectivity index (χ1) is 13.2. The van der Waals surface area contributed by atoms with Crippen molar-refractivity contribution in [2.75, 3.05) is 5.32 Å². The molecule has 7 heteroatoms. The van der Waals surface area contributed by atoms with Crippen molar-refractivity contribution in [1.29, 1.82) is 5.26 Å². The van der Waals surface area contributed by atoms with Crippen LogP contribution in [-0.2, 0) is 13.0 Å². The number of nitrogens with zero attached hydrogens (tertiary/aromatic N) is 4. The Kier molecular flexibility index (Phi) is 4.69. The first-order valence-electron chi connectivity index (χ1n) is 8.36. The molecule has 0 amide bonds. The number of hydrogen-bond donors (Lipinski definition) is 2. The molecule has 4 aromatic rings. The van der Waals surface area contributed by atoms with Gasteiger partial charge >= 0.3 is 0 Å². The van der Waals surface area contributed by atoms with Gasteiger partial charge in [0.05, 0.1) is 10.6 Å². The molecule has 0 atom stereocenters. The molecule has 0 unspecified atom stereocenters. The van der Waals surface area contributed by atoms with E-state index in [1.807, 2.05) is 36.7 Å². The second kappa shape index (κ2) is 7.44. The minimum atomic E-state index is 0.552. The molecule has 0 radical (unpaired) electrons. The number of anilines is 1. The van der Waals surface area contributed by atoms with Crippen LogP contribution in [0.15, 0.2) is 55.2 Å². The molecule has 0 saturated carbocycles. The zero-order valence-electron chi connectivity index (χ0n) is 14.3. The highest BCUT2D eigenvalue weighted by Crippen LogP contribution is 2.21. The highest BCUT2D eigenvalue weighted by Gasteiger charge is 2.08. The third-order valence-electron chi connectivity index (χ3n) is 4.28. The zero-order chi connectivity index (χ0) is 18.6. The summed E-state index contributed by atoms with van der Waals surface area (Å²) in [7, 11) is 0. The van der Waals surface area contributed by atoms with Crippen LogP contribution >= 0.6 is 11.6 Å². The van der Waals surface area contributed by atoms with E-state index in [1.54, 1.807) is 18.6 Å². The minimum absolute atomic E-state index is 0.552. The lowest BCUT2D eigenvalue weighted by molar-refractivity contribution is 1.08. The summed E-state index contributed by atoms with van der Waals surface area (Å²) in [6, 6.07) is 9.84. The molecule has 0 spiro atoms. The Morgan fingerprint density at radius 1 is 1.11 bits per heavy atom. The van der Waals surface area contributed by atoms with Crippen LogP contribution in [0.5, 0.6) is 0 Å². The van der Waals surface area contributed by atoms with Gasteiger partial charge in [-0.1, -0.05) is 17.7 Å². The fourth-order valence-corrected chi connectivity index (χ4v) is 3.04. The summed E-state index contributed by atoms with van der Waals surface area (Å²) in [5, 5.41) is 13.9. The molecule has 2 N–H and O–H groups in total. The summed E-state index contributed by atoms with van der Waals surface area (Å²) < 4.78 is 0. The Morgan fingerprint density at radius 3 is 2.81 bits per heavy atom. The average Bonchev–Trinajstić information content (AvgIpc) is 3.10. The molecule has 4 rings (SSSR count). The lowest BCUT2D eigenvalue weighted by atomic mass is 10.1. The Labute approximate surface area is 160 Å². The van der Waals surface area contributed by atoms with Gasteiger partial charge < -0.3 is 10.3 Å². The monoisotopic (exact) mass is 374 g/mol. The van der Waals surface area contributed by atoms with Crippen molar-refractivity contribution in [2.45, 2.75) is 13.0 Å². The molecule has 27 heavy (non-hydrogen) atoms. The van der Waals surface area contributed by atoms with E-state index in [0.717, 1.165) is 33.5 Å². The topological polar surface area (TPSA) is 90.3 Å². The Balaban J connectivity index is 1.47. The van der Waals surface area contributed by atoms with E-state index in [0.29, 0.717) is 23.6 Å². The number of halogens is 1. The number of aromatic amines is 1. The van der Waals surface area contributed by atoms with Crippen molar-refractivity contribution in [3.05, 3.63) is 82.5 Å². The number of H-pyrrole nitrogens is 1. The number of pyridine rings is 3. The second-order valence-corrected chi connectivity index (χ2v) is 6.50. The van der Waals surface area contributed by atoms with Crippen molar-refractivity contribution < 1.29 is 0 Å². The van der Waals surface area contributed by atoms with Crippen LogP contribution in [0, 0.1) is 11.3 Å². The van der Waals surface area contributed by atoms with E-state index in [1.165, 1.54) is 0 Å². The number of aromatic nitrogens is 4. The van der Waals surface area contributed by atoms with Crippen molar-refractivity contribution in [2.24, 2.45) is 0 Å². The van der Waals surface area contributed by atoms with E-state index in [2.05, 4.69) is 31.3 Å². The quantitative estimate of drug-likeness (QED) is 0.549. The van der Waals surface area contributed by atoms with Crippen molar-refractivity contribution in [1.82, 2.24) is 19.9 Å². The Morgan fingerprint density at radius 2 is 2.04 bits per heavy atom. The third-order valence-corrected chi connectivity index (χ3v) is 4.62. The summed E-state index contributed by atoms with van der Waals surface area (Å²) in [6.45, 7) is 0.582. The largest absolute Gasteiger partial charge is 0.366 e. The summed E-state index contributed by atoms with van der Waals surface area (Å²) >= 11 is 6.11. The maximum atomic E-state index is 9.07. The summed E-state index contributed by atoms with van der Waals surface area (Å²) in [5.41, 5.74) is 4.46. The van der Waals surface area contributed by atoms with Crippen LogP contribution in [0.3, 0.4) is 0 Å². The first-order valence-corrected chi connectivity index (χ1v) is 8.74. The van der Waals surface area contributed by atoms with Gasteiger partial charge in [0.2, 0.25) is 0 Å². The van der Waals surface area contributed by atoms with Gasteiger partial charge in [0.15, 0.2) is 0 Å². The first kappa shape index (κ1) is 17.0. The predicted molar refractivity (Wildman–Crippen MR) is 104 cm³/mol. The molecule has 0 aliphatic heterocycles. The van der Waals surface area contributed by atoms with E-state index < -0.39 is 0 Å². The Hall–Kier alpha value is -3.43. The average molecular weight is 375 g/mol. The van der Waals surface area contributed by atoms with Gasteiger partial charge in [0.25, 0.3) is 0 Å². The van der Waals surface area contributed by atoms with Gasteiger partial charge in [0, 0.05) is 49.3 Å². The van der Waals surface area contributed by atoms with Crippen LogP contribution in [0.25, 0.3) is 11.0 Å². The SMILES string of the molecule is N#Cc1cnc2[nH]cc(Cc3ccc(NCc4ccncc4Cl)nc3)c2c1. The fourth-order valence-electron chi connectivity index (χ4n) is 2.85. The van der Waals surface area contributed by atoms with Crippen LogP contribution < -0.4 is 5.32 Å². The van der Waals surface area contributed by atoms with Crippen LogP contribution in [-0.4, -0.2) is 19.9 Å². The van der Waals surface area contributed by atoms with E-state index in [9.17, 15) is 0 Å². The molecule has 0 aromatic carbocycles. The van der Waals surface area contributed by atoms with Crippen LogP contribution in [0.2, 0.25) is 5.02 Å². The second-order valence-electron chi connectivity index (χ2n) is 6.09. The fraction of sp³-hybridized carbons (Fsp3) is 0.100. The number of nitrogens with one attached hydrogen (secondary N) is 2. The van der Waals surface area contributed by atoms with E-state index in [-0.39, 0.29) is 0 Å². The summed E-state index contributed by atoms with van der Waals surface area (Å²) in [5.74, 6) is 0.777. The molecule has 0 aliphatic carbocycles. The molecule has 0 saturated heterocycles. The molecule has 0 fully saturated rings. The third kappa shape index (κ3) is 3.73. The lowest BCUT2D eigenvalue weighted by Crippen LogP contribution is -2.02. The maximum absolute atomic E-state index is 9.07. The van der Waals surface area contributed by atoms with Crippen molar-refractivity contribution in [3.8, 4) is 6.07 Å². The Bertz CT molecular complexity index is 1130. The van der Waals surface area contributed by atoms with Gasteiger partial charge in [-0.25, -0.2) is 9.97 Å². The predicted octanol–water partition coefficient (Wildman–Crippen LogP) is 4.08. The molecule has 4 heterocycles. The lowest BCUT2D eigenvalue weighted by Gasteiger charge is -2.08. The molecular formula is C20H15ClN6. The van der Waals surface area contributed by atoms with Crippen LogP contribution in [0.1, 0.15) is 22.3 Å². The van der Waals surface area contributed by atoms with Gasteiger partial charge in [-0.05, 0) is 34.9 Å².